The van der Waals surface area contributed by atoms with E-state index in [9.17, 15) is 18.0 Å². The van der Waals surface area contributed by atoms with Crippen LogP contribution in [0.2, 0.25) is 0 Å². The minimum Gasteiger partial charge on any atom is -0.475 e. The van der Waals surface area contributed by atoms with E-state index in [1.807, 2.05) is 47.8 Å². The fourth-order valence-electron chi connectivity index (χ4n) is 3.72. The molecule has 10 nitrogen and oxygen atoms in total. The zero-order valence-corrected chi connectivity index (χ0v) is 18.8. The number of rotatable bonds is 4. The van der Waals surface area contributed by atoms with Gasteiger partial charge in [0, 0.05) is 19.6 Å². The van der Waals surface area contributed by atoms with E-state index in [4.69, 9.17) is 9.90 Å². The Morgan fingerprint density at radius 1 is 1.21 bits per heavy atom. The van der Waals surface area contributed by atoms with Gasteiger partial charge in [0.15, 0.2) is 0 Å². The molecule has 0 atom stereocenters. The Morgan fingerprint density at radius 3 is 2.47 bits per heavy atom. The van der Waals surface area contributed by atoms with Crippen LogP contribution >= 0.6 is 0 Å². The number of carbonyl (C=O) groups is 2. The summed E-state index contributed by atoms with van der Waals surface area (Å²) < 4.78 is 35.9. The topological polar surface area (TPSA) is 118 Å². The van der Waals surface area contributed by atoms with E-state index in [1.54, 1.807) is 0 Å². The highest BCUT2D eigenvalue weighted by Crippen LogP contribution is 2.22. The maximum Gasteiger partial charge on any atom is 0.490 e. The lowest BCUT2D eigenvalue weighted by atomic mass is 10.1. The van der Waals surface area contributed by atoms with Crippen molar-refractivity contribution in [1.29, 1.82) is 0 Å². The van der Waals surface area contributed by atoms with E-state index in [2.05, 4.69) is 31.2 Å². The van der Waals surface area contributed by atoms with E-state index in [-0.39, 0.29) is 12.1 Å². The Balaban J connectivity index is 0.000000406. The number of amides is 2. The number of carbonyl (C=O) groups excluding carboxylic acids is 1. The minimum atomic E-state index is -5.08. The number of piperidine rings is 1. The van der Waals surface area contributed by atoms with Crippen molar-refractivity contribution in [3.8, 4) is 0 Å². The number of urea groups is 1. The predicted octanol–water partition coefficient (Wildman–Crippen LogP) is 2.98. The van der Waals surface area contributed by atoms with Crippen molar-refractivity contribution in [3.05, 3.63) is 42.0 Å². The van der Waals surface area contributed by atoms with Crippen molar-refractivity contribution in [2.24, 2.45) is 0 Å². The van der Waals surface area contributed by atoms with Crippen molar-refractivity contribution >= 4 is 23.0 Å². The number of carboxylic acids is 1. The maximum atomic E-state index is 11.9. The molecular formula is C21H26F3N7O3. The first-order valence-electron chi connectivity index (χ1n) is 10.8. The Kier molecular flexibility index (Phi) is 7.74. The maximum absolute atomic E-state index is 11.9. The van der Waals surface area contributed by atoms with Crippen LogP contribution in [0, 0.1) is 6.92 Å². The van der Waals surface area contributed by atoms with E-state index in [1.165, 1.54) is 0 Å². The van der Waals surface area contributed by atoms with Gasteiger partial charge in [0.1, 0.15) is 11.5 Å². The number of aromatic nitrogens is 5. The zero-order chi connectivity index (χ0) is 24.9. The summed E-state index contributed by atoms with van der Waals surface area (Å²) in [6, 6.07) is 8.45. The Hall–Kier alpha value is -3.64. The van der Waals surface area contributed by atoms with Gasteiger partial charge in [-0.05, 0) is 38.8 Å². The fraction of sp³-hybridized carbons (Fsp3) is 0.476. The molecular weight excluding hydrogens is 455 g/mol. The number of imidazole rings is 1. The molecule has 34 heavy (non-hydrogen) atoms. The highest BCUT2D eigenvalue weighted by Gasteiger charge is 2.38. The van der Waals surface area contributed by atoms with Crippen LogP contribution in [0.4, 0.5) is 18.0 Å². The molecule has 2 amide bonds. The molecule has 2 N–H and O–H groups in total. The van der Waals surface area contributed by atoms with Gasteiger partial charge in [-0.25, -0.2) is 19.3 Å². The molecule has 3 heterocycles. The van der Waals surface area contributed by atoms with Crippen LogP contribution in [-0.4, -0.2) is 72.4 Å². The lowest BCUT2D eigenvalue weighted by molar-refractivity contribution is -0.192. The molecule has 0 unspecified atom stereocenters. The number of benzene rings is 1. The molecule has 1 aromatic carbocycles. The first-order valence-corrected chi connectivity index (χ1v) is 10.8. The van der Waals surface area contributed by atoms with Gasteiger partial charge in [-0.2, -0.15) is 13.2 Å². The molecule has 184 valence electrons. The number of fused-ring (bicyclic) bond motifs is 1. The normalized spacial score (nSPS) is 14.6. The quantitative estimate of drug-likeness (QED) is 0.592. The third-order valence-corrected chi connectivity index (χ3v) is 5.42. The van der Waals surface area contributed by atoms with E-state index < -0.39 is 12.1 Å². The molecule has 0 bridgehead atoms. The molecule has 0 saturated carbocycles. The van der Waals surface area contributed by atoms with Gasteiger partial charge in [0.05, 0.1) is 29.8 Å². The predicted molar refractivity (Wildman–Crippen MR) is 116 cm³/mol. The van der Waals surface area contributed by atoms with Crippen molar-refractivity contribution in [2.45, 2.75) is 45.5 Å². The molecule has 0 spiro atoms. The number of aliphatic carboxylic acids is 1. The molecule has 13 heteroatoms. The number of para-hydroxylation sites is 2. The van der Waals surface area contributed by atoms with Crippen molar-refractivity contribution in [3.63, 3.8) is 0 Å². The fourth-order valence-corrected chi connectivity index (χ4v) is 3.72. The van der Waals surface area contributed by atoms with Crippen LogP contribution in [0.1, 0.15) is 37.3 Å². The summed E-state index contributed by atoms with van der Waals surface area (Å²) in [7, 11) is 0. The largest absolute Gasteiger partial charge is 0.490 e. The molecule has 2 aromatic heterocycles. The Bertz CT molecular complexity index is 1130. The van der Waals surface area contributed by atoms with E-state index >= 15 is 0 Å². The van der Waals surface area contributed by atoms with Gasteiger partial charge in [-0.15, -0.1) is 5.10 Å². The Morgan fingerprint density at radius 2 is 1.85 bits per heavy atom. The van der Waals surface area contributed by atoms with Gasteiger partial charge >= 0.3 is 18.2 Å². The molecule has 0 radical (unpaired) electrons. The molecule has 1 aliphatic rings. The van der Waals surface area contributed by atoms with E-state index in [0.29, 0.717) is 13.1 Å². The van der Waals surface area contributed by atoms with Crippen LogP contribution < -0.4 is 5.32 Å². The van der Waals surface area contributed by atoms with Gasteiger partial charge in [0.2, 0.25) is 0 Å². The van der Waals surface area contributed by atoms with Gasteiger partial charge in [-0.1, -0.05) is 17.3 Å². The minimum absolute atomic E-state index is 0.0256. The summed E-state index contributed by atoms with van der Waals surface area (Å²) in [5, 5.41) is 18.7. The van der Waals surface area contributed by atoms with Gasteiger partial charge in [-0.3, -0.25) is 0 Å². The zero-order valence-electron chi connectivity index (χ0n) is 18.8. The number of aryl methyl sites for hydroxylation is 1. The smallest absolute Gasteiger partial charge is 0.475 e. The second-order valence-corrected chi connectivity index (χ2v) is 7.78. The van der Waals surface area contributed by atoms with Crippen molar-refractivity contribution in [1.82, 2.24) is 34.8 Å². The number of hydrogen-bond donors (Lipinski definition) is 2. The van der Waals surface area contributed by atoms with Crippen molar-refractivity contribution in [2.75, 3.05) is 19.6 Å². The average molecular weight is 481 g/mol. The highest BCUT2D eigenvalue weighted by atomic mass is 19.4. The summed E-state index contributed by atoms with van der Waals surface area (Å²) in [4.78, 5) is 27.3. The molecule has 0 aliphatic carbocycles. The summed E-state index contributed by atoms with van der Waals surface area (Å²) in [5.41, 5.74) is 3.03. The molecule has 1 aliphatic heterocycles. The molecule has 4 rings (SSSR count). The van der Waals surface area contributed by atoms with Crippen LogP contribution in [0.3, 0.4) is 0 Å². The van der Waals surface area contributed by atoms with Crippen molar-refractivity contribution < 1.29 is 27.9 Å². The molecule has 1 fully saturated rings. The highest BCUT2D eigenvalue weighted by molar-refractivity contribution is 5.76. The number of carboxylic acid groups (broad SMARTS) is 1. The lowest BCUT2D eigenvalue weighted by Gasteiger charge is -2.31. The first kappa shape index (κ1) is 25.0. The number of halogens is 3. The summed E-state index contributed by atoms with van der Waals surface area (Å²) >= 11 is 0. The van der Waals surface area contributed by atoms with E-state index in [0.717, 1.165) is 48.5 Å². The summed E-state index contributed by atoms with van der Waals surface area (Å²) in [6.07, 6.45) is -1.26. The van der Waals surface area contributed by atoms with Gasteiger partial charge < -0.3 is 19.9 Å². The second kappa shape index (κ2) is 10.5. The SMILES string of the molecule is CCNC(=O)N1CCC(n2cc(Cn3c(C)nc4ccccc43)nn2)CC1.O=C(O)C(F)(F)F. The number of hydrogen-bond acceptors (Lipinski definition) is 5. The number of nitrogens with zero attached hydrogens (tertiary/aromatic N) is 6. The first-order chi connectivity index (χ1) is 16.1. The average Bonchev–Trinajstić information content (AvgIpc) is 3.39. The Labute approximate surface area is 193 Å². The number of nitrogens with one attached hydrogen (secondary N) is 1. The second-order valence-electron chi connectivity index (χ2n) is 7.78. The molecule has 1 saturated heterocycles. The molecule has 3 aromatic rings. The number of likely N-dealkylation sites (tertiary alicyclic amines) is 1. The van der Waals surface area contributed by atoms with Gasteiger partial charge in [0.25, 0.3) is 0 Å². The van der Waals surface area contributed by atoms with Crippen LogP contribution in [-0.2, 0) is 11.3 Å². The monoisotopic (exact) mass is 481 g/mol. The standard InChI is InChI=1S/C19H25N7O.C2HF3O2/c1-3-20-19(27)24-10-8-16(9-11-24)26-13-15(22-23-26)12-25-14(2)21-17-6-4-5-7-18(17)25;3-2(4,5)1(6)7/h4-7,13,16H,3,8-12H2,1-2H3,(H,20,27);(H,6,7). The summed E-state index contributed by atoms with van der Waals surface area (Å²) in [6.45, 7) is 6.76. The lowest BCUT2D eigenvalue weighted by Crippen LogP contribution is -2.44. The van der Waals surface area contributed by atoms with Crippen LogP contribution in [0.15, 0.2) is 30.5 Å². The third-order valence-electron chi connectivity index (χ3n) is 5.42. The van der Waals surface area contributed by atoms with Crippen LogP contribution in [0.5, 0.6) is 0 Å². The number of alkyl halides is 3. The van der Waals surface area contributed by atoms with Crippen LogP contribution in [0.25, 0.3) is 11.0 Å². The summed E-state index contributed by atoms with van der Waals surface area (Å²) in [5.74, 6) is -1.78. The third kappa shape index (κ3) is 6.02.